The lowest BCUT2D eigenvalue weighted by Gasteiger charge is -2.43. The van der Waals surface area contributed by atoms with Gasteiger partial charge in [0.2, 0.25) is 0 Å². The fourth-order valence-corrected chi connectivity index (χ4v) is 4.43. The molecule has 2 aliphatic rings. The molecule has 2 saturated carbocycles. The van der Waals surface area contributed by atoms with Crippen molar-refractivity contribution in [2.24, 2.45) is 29.0 Å². The molecule has 0 aliphatic heterocycles. The van der Waals surface area contributed by atoms with Crippen LogP contribution in [0.1, 0.15) is 64.2 Å². The monoisotopic (exact) mass is 296 g/mol. The van der Waals surface area contributed by atoms with E-state index < -0.39 is 0 Å². The van der Waals surface area contributed by atoms with Gasteiger partial charge in [-0.3, -0.25) is 0 Å². The standard InChI is InChI=1S/C17H36N4/c18-11-5-6-12-21-17(13-7-1-3-9-15(13)19)14-8-2-4-10-16(14)20/h13-17,21H,1-12,18-20H2. The van der Waals surface area contributed by atoms with E-state index in [1.165, 1.54) is 51.4 Å². The van der Waals surface area contributed by atoms with E-state index in [1.807, 2.05) is 0 Å². The predicted molar refractivity (Wildman–Crippen MR) is 89.9 cm³/mol. The Morgan fingerprint density at radius 3 is 1.81 bits per heavy atom. The van der Waals surface area contributed by atoms with E-state index in [0.29, 0.717) is 30.0 Å². The van der Waals surface area contributed by atoms with Crippen molar-refractivity contribution in [3.05, 3.63) is 0 Å². The second-order valence-electron chi connectivity index (χ2n) is 7.20. The molecule has 0 bridgehead atoms. The van der Waals surface area contributed by atoms with Crippen molar-refractivity contribution >= 4 is 0 Å². The van der Waals surface area contributed by atoms with Gasteiger partial charge in [-0.15, -0.1) is 0 Å². The van der Waals surface area contributed by atoms with Crippen LogP contribution in [-0.2, 0) is 0 Å². The van der Waals surface area contributed by atoms with Crippen molar-refractivity contribution < 1.29 is 0 Å². The lowest BCUT2D eigenvalue weighted by molar-refractivity contribution is 0.140. The first-order valence-electron chi connectivity index (χ1n) is 9.18. The molecule has 21 heavy (non-hydrogen) atoms. The average Bonchev–Trinajstić information content (AvgIpc) is 2.50. The Labute approximate surface area is 130 Å². The quantitative estimate of drug-likeness (QED) is 0.538. The van der Waals surface area contributed by atoms with Crippen LogP contribution in [0.3, 0.4) is 0 Å². The second-order valence-corrected chi connectivity index (χ2v) is 7.20. The van der Waals surface area contributed by atoms with Crippen molar-refractivity contribution in [2.75, 3.05) is 13.1 Å². The molecule has 4 atom stereocenters. The molecule has 4 heteroatoms. The summed E-state index contributed by atoms with van der Waals surface area (Å²) in [7, 11) is 0. The second kappa shape index (κ2) is 9.09. The van der Waals surface area contributed by atoms with Gasteiger partial charge in [0, 0.05) is 18.1 Å². The minimum atomic E-state index is 0.361. The van der Waals surface area contributed by atoms with Crippen molar-refractivity contribution in [1.82, 2.24) is 5.32 Å². The first-order chi connectivity index (χ1) is 10.2. The molecule has 2 fully saturated rings. The first-order valence-corrected chi connectivity index (χ1v) is 9.18. The van der Waals surface area contributed by atoms with Crippen molar-refractivity contribution in [2.45, 2.75) is 82.3 Å². The Kier molecular flexibility index (Phi) is 7.44. The minimum Gasteiger partial charge on any atom is -0.330 e. The first kappa shape index (κ1) is 17.2. The summed E-state index contributed by atoms with van der Waals surface area (Å²) < 4.78 is 0. The van der Waals surface area contributed by atoms with Crippen LogP contribution in [0.4, 0.5) is 0 Å². The van der Waals surface area contributed by atoms with Crippen molar-refractivity contribution in [1.29, 1.82) is 0 Å². The zero-order chi connectivity index (χ0) is 15.1. The number of unbranched alkanes of at least 4 members (excludes halogenated alkanes) is 1. The van der Waals surface area contributed by atoms with Crippen LogP contribution < -0.4 is 22.5 Å². The smallest absolute Gasteiger partial charge is 0.0153 e. The van der Waals surface area contributed by atoms with E-state index in [1.54, 1.807) is 0 Å². The lowest BCUT2D eigenvalue weighted by Crippen LogP contribution is -2.55. The molecule has 124 valence electrons. The highest BCUT2D eigenvalue weighted by molar-refractivity contribution is 4.95. The van der Waals surface area contributed by atoms with Crippen LogP contribution in [0.25, 0.3) is 0 Å². The maximum Gasteiger partial charge on any atom is 0.0153 e. The van der Waals surface area contributed by atoms with Crippen LogP contribution in [0.2, 0.25) is 0 Å². The number of nitrogens with one attached hydrogen (secondary N) is 1. The summed E-state index contributed by atoms with van der Waals surface area (Å²) in [5.74, 6) is 1.23. The summed E-state index contributed by atoms with van der Waals surface area (Å²) in [5, 5.41) is 3.84. The molecule has 2 rings (SSSR count). The Morgan fingerprint density at radius 2 is 1.33 bits per heavy atom. The molecule has 0 saturated heterocycles. The molecule has 0 amide bonds. The van der Waals surface area contributed by atoms with E-state index in [-0.39, 0.29) is 0 Å². The summed E-state index contributed by atoms with van der Waals surface area (Å²) in [6, 6.07) is 1.24. The summed E-state index contributed by atoms with van der Waals surface area (Å²) in [6.07, 6.45) is 12.5. The fourth-order valence-electron chi connectivity index (χ4n) is 4.43. The highest BCUT2D eigenvalue weighted by Gasteiger charge is 2.37. The van der Waals surface area contributed by atoms with E-state index in [2.05, 4.69) is 5.32 Å². The van der Waals surface area contributed by atoms with Gasteiger partial charge < -0.3 is 22.5 Å². The topological polar surface area (TPSA) is 90.1 Å². The lowest BCUT2D eigenvalue weighted by atomic mass is 9.70. The minimum absolute atomic E-state index is 0.361. The van der Waals surface area contributed by atoms with Gasteiger partial charge in [-0.25, -0.2) is 0 Å². The van der Waals surface area contributed by atoms with Gasteiger partial charge in [-0.2, -0.15) is 0 Å². The molecule has 0 aromatic rings. The number of hydrogen-bond donors (Lipinski definition) is 4. The summed E-state index contributed by atoms with van der Waals surface area (Å²) in [6.45, 7) is 1.85. The number of hydrogen-bond acceptors (Lipinski definition) is 4. The van der Waals surface area contributed by atoms with E-state index in [4.69, 9.17) is 17.2 Å². The van der Waals surface area contributed by atoms with Crippen molar-refractivity contribution in [3.63, 3.8) is 0 Å². The predicted octanol–water partition coefficient (Wildman–Crippen LogP) is 1.72. The highest BCUT2D eigenvalue weighted by Crippen LogP contribution is 2.34. The summed E-state index contributed by atoms with van der Waals surface area (Å²) >= 11 is 0. The highest BCUT2D eigenvalue weighted by atomic mass is 15.0. The van der Waals surface area contributed by atoms with Crippen LogP contribution in [0.5, 0.6) is 0 Å². The van der Waals surface area contributed by atoms with E-state index in [9.17, 15) is 0 Å². The maximum atomic E-state index is 6.46. The fraction of sp³-hybridized carbons (Fsp3) is 1.00. The molecule has 0 heterocycles. The third kappa shape index (κ3) is 4.92. The molecule has 2 aliphatic carbocycles. The van der Waals surface area contributed by atoms with Gasteiger partial charge in [0.1, 0.15) is 0 Å². The number of rotatable bonds is 7. The maximum absolute atomic E-state index is 6.46. The van der Waals surface area contributed by atoms with Gasteiger partial charge in [-0.05, 0) is 63.5 Å². The van der Waals surface area contributed by atoms with Crippen LogP contribution in [0.15, 0.2) is 0 Å². The average molecular weight is 297 g/mol. The SMILES string of the molecule is NCCCCNC(C1CCCCC1N)C1CCCCC1N. The molecule has 0 aromatic carbocycles. The Morgan fingerprint density at radius 1 is 0.810 bits per heavy atom. The molecule has 0 spiro atoms. The normalized spacial score (nSPS) is 35.6. The molecule has 7 N–H and O–H groups in total. The Balaban J connectivity index is 1.97. The third-order valence-corrected chi connectivity index (χ3v) is 5.68. The van der Waals surface area contributed by atoms with Gasteiger partial charge in [0.05, 0.1) is 0 Å². The summed E-state index contributed by atoms with van der Waals surface area (Å²) in [4.78, 5) is 0. The molecular weight excluding hydrogens is 260 g/mol. The molecular formula is C17H36N4. The number of nitrogens with two attached hydrogens (primary N) is 3. The Hall–Kier alpha value is -0.160. The van der Waals surface area contributed by atoms with Crippen molar-refractivity contribution in [3.8, 4) is 0 Å². The van der Waals surface area contributed by atoms with Crippen LogP contribution in [-0.4, -0.2) is 31.2 Å². The molecule has 4 nitrogen and oxygen atoms in total. The van der Waals surface area contributed by atoms with Gasteiger partial charge >= 0.3 is 0 Å². The van der Waals surface area contributed by atoms with E-state index >= 15 is 0 Å². The van der Waals surface area contributed by atoms with Crippen LogP contribution >= 0.6 is 0 Å². The van der Waals surface area contributed by atoms with Gasteiger partial charge in [0.15, 0.2) is 0 Å². The molecule has 0 radical (unpaired) electrons. The summed E-state index contributed by atoms with van der Waals surface area (Å²) in [5.41, 5.74) is 18.5. The van der Waals surface area contributed by atoms with E-state index in [0.717, 1.165) is 25.9 Å². The zero-order valence-electron chi connectivity index (χ0n) is 13.6. The molecule has 0 aromatic heterocycles. The Bertz CT molecular complexity index is 262. The zero-order valence-corrected chi connectivity index (χ0v) is 13.6. The van der Waals surface area contributed by atoms with Gasteiger partial charge in [-0.1, -0.05) is 25.7 Å². The molecule has 4 unspecified atom stereocenters. The van der Waals surface area contributed by atoms with Gasteiger partial charge in [0.25, 0.3) is 0 Å². The largest absolute Gasteiger partial charge is 0.330 e. The van der Waals surface area contributed by atoms with Crippen LogP contribution in [0, 0.1) is 11.8 Å². The third-order valence-electron chi connectivity index (χ3n) is 5.68.